The Bertz CT molecular complexity index is 3800. The minimum absolute atomic E-state index is 0.128. The van der Waals surface area contributed by atoms with Crippen LogP contribution in [0.4, 0.5) is 17.1 Å². The lowest BCUT2D eigenvalue weighted by Gasteiger charge is -2.28. The summed E-state index contributed by atoms with van der Waals surface area (Å²) in [5.74, 6) is 0. The number of aromatic nitrogens is 1. The molecule has 0 amide bonds. The maximum absolute atomic E-state index is 4.07. The zero-order valence-electron chi connectivity index (χ0n) is 38.9. The van der Waals surface area contributed by atoms with Crippen LogP contribution in [-0.4, -0.2) is 4.57 Å². The topological polar surface area (TPSA) is 8.17 Å². The molecule has 0 saturated heterocycles. The van der Waals surface area contributed by atoms with Crippen molar-refractivity contribution in [2.45, 2.75) is 19.3 Å². The highest BCUT2D eigenvalue weighted by Gasteiger charge is 2.36. The van der Waals surface area contributed by atoms with Gasteiger partial charge in [-0.1, -0.05) is 215 Å². The van der Waals surface area contributed by atoms with Crippen LogP contribution in [0.2, 0.25) is 0 Å². The minimum Gasteiger partial charge on any atom is -0.310 e. The summed E-state index contributed by atoms with van der Waals surface area (Å²) in [6.07, 6.45) is 5.70. The predicted molar refractivity (Wildman–Crippen MR) is 295 cm³/mol. The van der Waals surface area contributed by atoms with Gasteiger partial charge in [0.15, 0.2) is 0 Å². The maximum Gasteiger partial charge on any atom is 0.0626 e. The van der Waals surface area contributed by atoms with E-state index in [1.165, 1.54) is 82.6 Å². The molecule has 0 aliphatic heterocycles. The molecule has 1 heterocycles. The van der Waals surface area contributed by atoms with Crippen LogP contribution in [-0.2, 0) is 5.41 Å². The lowest BCUT2D eigenvalue weighted by molar-refractivity contribution is 0.660. The number of fused-ring (bicyclic) bond motifs is 9. The summed E-state index contributed by atoms with van der Waals surface area (Å²) in [5, 5.41) is 6.16. The van der Waals surface area contributed by atoms with Gasteiger partial charge in [0.25, 0.3) is 0 Å². The highest BCUT2D eigenvalue weighted by atomic mass is 15.1. The zero-order chi connectivity index (χ0) is 46.6. The summed E-state index contributed by atoms with van der Waals surface area (Å²) >= 11 is 0. The molecular weight excluding hydrogens is 833 g/mol. The Kier molecular flexibility index (Phi) is 10.2. The molecule has 0 spiro atoms. The van der Waals surface area contributed by atoms with Crippen molar-refractivity contribution in [2.24, 2.45) is 0 Å². The number of rotatable bonds is 10. The van der Waals surface area contributed by atoms with E-state index in [4.69, 9.17) is 0 Å². The molecule has 328 valence electrons. The lowest BCUT2D eigenvalue weighted by atomic mass is 9.82. The van der Waals surface area contributed by atoms with E-state index in [0.29, 0.717) is 0 Å². The molecule has 1 aromatic heterocycles. The Labute approximate surface area is 404 Å². The second-order valence-electron chi connectivity index (χ2n) is 18.5. The largest absolute Gasteiger partial charge is 0.310 e. The van der Waals surface area contributed by atoms with Gasteiger partial charge in [-0.05, 0) is 126 Å². The molecule has 0 atom stereocenters. The highest BCUT2D eigenvalue weighted by molar-refractivity contribution is 6.30. The summed E-state index contributed by atoms with van der Waals surface area (Å²) in [5.41, 5.74) is 20.1. The Balaban J connectivity index is 1.03. The summed E-state index contributed by atoms with van der Waals surface area (Å²) < 4.78 is 2.50. The molecule has 1 aliphatic carbocycles. The molecule has 2 heteroatoms. The third kappa shape index (κ3) is 6.87. The second kappa shape index (κ2) is 16.9. The number of allylic oxidation sites excluding steroid dienone is 4. The number of para-hydroxylation sites is 1. The zero-order valence-corrected chi connectivity index (χ0v) is 38.9. The van der Waals surface area contributed by atoms with Gasteiger partial charge in [0.05, 0.1) is 11.2 Å². The fourth-order valence-corrected chi connectivity index (χ4v) is 11.1. The summed E-state index contributed by atoms with van der Waals surface area (Å²) in [6, 6.07) is 82.4. The van der Waals surface area contributed by atoms with Crippen LogP contribution in [0.25, 0.3) is 88.3 Å². The van der Waals surface area contributed by atoms with Crippen LogP contribution in [0.3, 0.4) is 0 Å². The number of benzene rings is 10. The third-order valence-corrected chi connectivity index (χ3v) is 14.3. The van der Waals surface area contributed by atoms with Crippen LogP contribution in [0.1, 0.15) is 30.5 Å². The summed E-state index contributed by atoms with van der Waals surface area (Å²) in [7, 11) is 0. The van der Waals surface area contributed by atoms with Gasteiger partial charge in [0.2, 0.25) is 0 Å². The van der Waals surface area contributed by atoms with Gasteiger partial charge in [0, 0.05) is 44.5 Å². The molecule has 0 radical (unpaired) electrons. The first kappa shape index (κ1) is 41.7. The molecule has 0 N–H and O–H groups in total. The average molecular weight is 883 g/mol. The van der Waals surface area contributed by atoms with Crippen LogP contribution < -0.4 is 4.90 Å². The Morgan fingerprint density at radius 1 is 0.464 bits per heavy atom. The monoisotopic (exact) mass is 882 g/mol. The second-order valence-corrected chi connectivity index (χ2v) is 18.5. The van der Waals surface area contributed by atoms with Crippen molar-refractivity contribution in [1.82, 2.24) is 4.57 Å². The van der Waals surface area contributed by atoms with Crippen LogP contribution in [0, 0.1) is 0 Å². The SMILES string of the molecule is C=C/C=C(\C=C)c1ccc(N(c2ccc(-c3ccc4c(c3)c3ccccc3c3c4c(-c4ccccc4)c(-c4ccccc4)n3-c3ccccc3)cc2)c2ccc3c(c2)C(C)(C)c2ccccc2-3)cc1. The van der Waals surface area contributed by atoms with Crippen molar-refractivity contribution >= 4 is 55.1 Å². The number of anilines is 3. The predicted octanol–water partition coefficient (Wildman–Crippen LogP) is 18.5. The van der Waals surface area contributed by atoms with Crippen molar-refractivity contribution in [1.29, 1.82) is 0 Å². The van der Waals surface area contributed by atoms with Gasteiger partial charge in [-0.25, -0.2) is 0 Å². The van der Waals surface area contributed by atoms with Gasteiger partial charge in [-0.15, -0.1) is 0 Å². The summed E-state index contributed by atoms with van der Waals surface area (Å²) in [6.45, 7) is 12.7. The first-order valence-corrected chi connectivity index (χ1v) is 23.8. The van der Waals surface area contributed by atoms with Crippen molar-refractivity contribution in [3.05, 3.63) is 273 Å². The summed E-state index contributed by atoms with van der Waals surface area (Å²) in [4.78, 5) is 2.38. The van der Waals surface area contributed by atoms with Gasteiger partial charge in [0.1, 0.15) is 0 Å². The molecule has 12 rings (SSSR count). The first-order valence-electron chi connectivity index (χ1n) is 23.8. The molecule has 0 fully saturated rings. The lowest BCUT2D eigenvalue weighted by Crippen LogP contribution is -2.16. The average Bonchev–Trinajstić information content (AvgIpc) is 3.89. The molecule has 0 saturated carbocycles. The fourth-order valence-electron chi connectivity index (χ4n) is 11.1. The van der Waals surface area contributed by atoms with E-state index in [0.717, 1.165) is 39.4 Å². The van der Waals surface area contributed by atoms with Crippen LogP contribution >= 0.6 is 0 Å². The smallest absolute Gasteiger partial charge is 0.0626 e. The Hall–Kier alpha value is -8.72. The number of hydrogen-bond donors (Lipinski definition) is 0. The maximum atomic E-state index is 4.07. The standard InChI is InChI=1S/C67H50N2/c1-5-20-45(6-2)46-31-36-52(37-32-46)68(54-40-42-57-56-28-18-19-30-61(56)67(3,4)62(57)44-54)53-38-33-47(34-39-53)50-35-41-58-60(43-50)55-27-16-17-29-59(55)66-64(58)63(48-21-10-7-11-22-48)65(49-23-12-8-13-24-49)69(66)51-25-14-9-15-26-51/h5-44H,1-2H2,3-4H3/b45-20+. The van der Waals surface area contributed by atoms with E-state index in [2.05, 4.69) is 261 Å². The van der Waals surface area contributed by atoms with Crippen molar-refractivity contribution < 1.29 is 0 Å². The van der Waals surface area contributed by atoms with E-state index < -0.39 is 0 Å². The van der Waals surface area contributed by atoms with Gasteiger partial charge in [-0.3, -0.25) is 0 Å². The van der Waals surface area contributed by atoms with Crippen molar-refractivity contribution in [3.63, 3.8) is 0 Å². The molecule has 11 aromatic rings. The number of hydrogen-bond acceptors (Lipinski definition) is 1. The molecule has 10 aromatic carbocycles. The van der Waals surface area contributed by atoms with E-state index >= 15 is 0 Å². The van der Waals surface area contributed by atoms with Crippen LogP contribution in [0.15, 0.2) is 256 Å². The van der Waals surface area contributed by atoms with Gasteiger partial charge < -0.3 is 9.47 Å². The quantitative estimate of drug-likeness (QED) is 0.0981. The normalized spacial score (nSPS) is 12.8. The van der Waals surface area contributed by atoms with E-state index in [1.807, 2.05) is 18.2 Å². The highest BCUT2D eigenvalue weighted by Crippen LogP contribution is 2.52. The Morgan fingerprint density at radius 3 is 1.74 bits per heavy atom. The fraction of sp³-hybridized carbons (Fsp3) is 0.0448. The Morgan fingerprint density at radius 2 is 1.04 bits per heavy atom. The van der Waals surface area contributed by atoms with Crippen molar-refractivity contribution in [3.8, 4) is 50.3 Å². The molecule has 0 unspecified atom stereocenters. The van der Waals surface area contributed by atoms with Gasteiger partial charge in [-0.2, -0.15) is 0 Å². The van der Waals surface area contributed by atoms with Crippen molar-refractivity contribution in [2.75, 3.05) is 4.90 Å². The van der Waals surface area contributed by atoms with E-state index in [9.17, 15) is 0 Å². The van der Waals surface area contributed by atoms with E-state index in [1.54, 1.807) is 0 Å². The van der Waals surface area contributed by atoms with Gasteiger partial charge >= 0.3 is 0 Å². The molecular formula is C67H50N2. The number of nitrogens with zero attached hydrogens (tertiary/aromatic N) is 2. The first-order chi connectivity index (χ1) is 33.9. The molecule has 1 aliphatic rings. The minimum atomic E-state index is -0.128. The van der Waals surface area contributed by atoms with E-state index in [-0.39, 0.29) is 5.41 Å². The molecule has 0 bridgehead atoms. The van der Waals surface area contributed by atoms with Crippen LogP contribution in [0.5, 0.6) is 0 Å². The molecule has 69 heavy (non-hydrogen) atoms. The third-order valence-electron chi connectivity index (χ3n) is 14.3. The molecule has 2 nitrogen and oxygen atoms in total.